The molecule has 0 saturated carbocycles. The van der Waals surface area contributed by atoms with E-state index in [2.05, 4.69) is 21.2 Å². The molecule has 0 aromatic heterocycles. The van der Waals surface area contributed by atoms with Gasteiger partial charge in [0.2, 0.25) is 0 Å². The smallest absolute Gasteiger partial charge is 0.187 e. The number of halogens is 1. The molecule has 1 N–H and O–H groups in total. The van der Waals surface area contributed by atoms with Crippen LogP contribution in [-0.2, 0) is 0 Å². The molecular weight excluding hydrogens is 406 g/mol. The highest BCUT2D eigenvalue weighted by Crippen LogP contribution is 2.31. The predicted octanol–water partition coefficient (Wildman–Crippen LogP) is 6.06. The minimum atomic E-state index is -0.0638. The highest BCUT2D eigenvalue weighted by molar-refractivity contribution is 9.10. The Morgan fingerprint density at radius 1 is 0.926 bits per heavy atom. The predicted molar refractivity (Wildman–Crippen MR) is 111 cm³/mol. The van der Waals surface area contributed by atoms with E-state index in [-0.39, 0.29) is 5.78 Å². The molecule has 27 heavy (non-hydrogen) atoms. The fraction of sp³-hybridized carbons (Fsp3) is 0.0455. The van der Waals surface area contributed by atoms with Crippen molar-refractivity contribution in [1.29, 1.82) is 0 Å². The maximum atomic E-state index is 12.1. The normalized spacial score (nSPS) is 10.6. The van der Waals surface area contributed by atoms with Gasteiger partial charge in [-0.25, -0.2) is 0 Å². The number of carbonyl (C=O) groups excluding carboxylic acids is 1. The molecule has 3 rings (SSSR count). The van der Waals surface area contributed by atoms with Gasteiger partial charge in [-0.1, -0.05) is 28.1 Å². The molecule has 0 radical (unpaired) electrons. The highest BCUT2D eigenvalue weighted by atomic mass is 79.9. The number of methoxy groups -OCH3 is 1. The monoisotopic (exact) mass is 423 g/mol. The van der Waals surface area contributed by atoms with Crippen LogP contribution in [0.2, 0.25) is 0 Å². The molecule has 0 aliphatic rings. The van der Waals surface area contributed by atoms with Gasteiger partial charge in [0, 0.05) is 28.0 Å². The first-order valence-electron chi connectivity index (χ1n) is 8.29. The van der Waals surface area contributed by atoms with E-state index in [1.54, 1.807) is 25.4 Å². The van der Waals surface area contributed by atoms with Crippen LogP contribution in [-0.4, -0.2) is 12.9 Å². The number of anilines is 1. The van der Waals surface area contributed by atoms with Crippen molar-refractivity contribution in [2.24, 2.45) is 0 Å². The van der Waals surface area contributed by atoms with E-state index in [0.717, 1.165) is 10.2 Å². The Morgan fingerprint density at radius 3 is 2.26 bits per heavy atom. The molecule has 136 valence electrons. The first-order chi connectivity index (χ1) is 13.2. The van der Waals surface area contributed by atoms with E-state index in [1.807, 2.05) is 60.7 Å². The number of rotatable bonds is 7. The molecule has 0 spiro atoms. The number of hydrogen-bond donors (Lipinski definition) is 1. The van der Waals surface area contributed by atoms with Crippen molar-refractivity contribution in [3.63, 3.8) is 0 Å². The van der Waals surface area contributed by atoms with Gasteiger partial charge in [0.15, 0.2) is 17.3 Å². The van der Waals surface area contributed by atoms with Crippen LogP contribution in [0, 0.1) is 0 Å². The lowest BCUT2D eigenvalue weighted by Gasteiger charge is -2.10. The molecule has 0 bridgehead atoms. The summed E-state index contributed by atoms with van der Waals surface area (Å²) in [6.45, 7) is 0. The quantitative estimate of drug-likeness (QED) is 0.370. The second kappa shape index (κ2) is 9.05. The fourth-order valence-corrected chi connectivity index (χ4v) is 2.64. The van der Waals surface area contributed by atoms with E-state index in [1.165, 1.54) is 6.08 Å². The Morgan fingerprint density at radius 2 is 1.59 bits per heavy atom. The summed E-state index contributed by atoms with van der Waals surface area (Å²) in [5.74, 6) is 1.96. The second-order valence-corrected chi connectivity index (χ2v) is 6.54. The van der Waals surface area contributed by atoms with Crippen LogP contribution in [0.15, 0.2) is 89.5 Å². The molecule has 0 aliphatic carbocycles. The molecule has 0 amide bonds. The summed E-state index contributed by atoms with van der Waals surface area (Å²) < 4.78 is 12.1. The Hall–Kier alpha value is -3.05. The van der Waals surface area contributed by atoms with Crippen molar-refractivity contribution in [3.8, 4) is 17.2 Å². The van der Waals surface area contributed by atoms with Crippen LogP contribution in [0.1, 0.15) is 10.4 Å². The minimum absolute atomic E-state index is 0.0638. The fourth-order valence-electron chi connectivity index (χ4n) is 2.37. The molecule has 0 heterocycles. The summed E-state index contributed by atoms with van der Waals surface area (Å²) in [7, 11) is 1.61. The van der Waals surface area contributed by atoms with Gasteiger partial charge in [-0.05, 0) is 60.7 Å². The number of nitrogens with one attached hydrogen (secondary N) is 1. The number of carbonyl (C=O) groups is 1. The number of hydrogen-bond acceptors (Lipinski definition) is 4. The van der Waals surface area contributed by atoms with Crippen LogP contribution in [0.4, 0.5) is 5.69 Å². The maximum absolute atomic E-state index is 12.1. The summed E-state index contributed by atoms with van der Waals surface area (Å²) in [5.41, 5.74) is 1.49. The molecule has 4 nitrogen and oxygen atoms in total. The Balaban J connectivity index is 1.59. The molecule has 0 saturated heterocycles. The number of ether oxygens (including phenoxy) is 2. The summed E-state index contributed by atoms with van der Waals surface area (Å²) in [6, 6.07) is 22.2. The zero-order chi connectivity index (χ0) is 19.1. The summed E-state index contributed by atoms with van der Waals surface area (Å²) >= 11 is 3.35. The van der Waals surface area contributed by atoms with Crippen molar-refractivity contribution in [2.75, 3.05) is 12.4 Å². The van der Waals surface area contributed by atoms with Crippen LogP contribution in [0.25, 0.3) is 0 Å². The van der Waals surface area contributed by atoms with Gasteiger partial charge in [0.25, 0.3) is 0 Å². The molecule has 0 fully saturated rings. The lowest BCUT2D eigenvalue weighted by molar-refractivity contribution is 0.104. The number of benzene rings is 3. The first-order valence-corrected chi connectivity index (χ1v) is 9.09. The molecule has 0 atom stereocenters. The SMILES string of the molecule is COc1ccccc1Oc1ccc(NC=CC(=O)c2ccc(Br)cc2)cc1. The van der Waals surface area contributed by atoms with Crippen LogP contribution in [0.5, 0.6) is 17.2 Å². The van der Waals surface area contributed by atoms with Gasteiger partial charge in [0.05, 0.1) is 7.11 Å². The summed E-state index contributed by atoms with van der Waals surface area (Å²) in [6.07, 6.45) is 3.13. The average Bonchev–Trinajstić information content (AvgIpc) is 2.70. The number of para-hydroxylation sites is 2. The van der Waals surface area contributed by atoms with E-state index in [0.29, 0.717) is 22.8 Å². The molecule has 3 aromatic rings. The van der Waals surface area contributed by atoms with Gasteiger partial charge >= 0.3 is 0 Å². The molecular formula is C22H18BrNO3. The maximum Gasteiger partial charge on any atom is 0.187 e. The highest BCUT2D eigenvalue weighted by Gasteiger charge is 2.04. The lowest BCUT2D eigenvalue weighted by Crippen LogP contribution is -1.96. The van der Waals surface area contributed by atoms with E-state index >= 15 is 0 Å². The average molecular weight is 424 g/mol. The third-order valence-electron chi connectivity index (χ3n) is 3.76. The van der Waals surface area contributed by atoms with Crippen molar-refractivity contribution in [3.05, 3.63) is 95.1 Å². The van der Waals surface area contributed by atoms with Crippen molar-refractivity contribution < 1.29 is 14.3 Å². The molecule has 5 heteroatoms. The third-order valence-corrected chi connectivity index (χ3v) is 4.29. The molecule has 0 aliphatic heterocycles. The van der Waals surface area contributed by atoms with E-state index in [4.69, 9.17) is 9.47 Å². The topological polar surface area (TPSA) is 47.6 Å². The Kier molecular flexibility index (Phi) is 6.28. The van der Waals surface area contributed by atoms with Crippen molar-refractivity contribution >= 4 is 27.4 Å². The van der Waals surface area contributed by atoms with Crippen LogP contribution < -0.4 is 14.8 Å². The van der Waals surface area contributed by atoms with Gasteiger partial charge in [-0.2, -0.15) is 0 Å². The third kappa shape index (κ3) is 5.21. The standard InChI is InChI=1S/C22H18BrNO3/c1-26-21-4-2-3-5-22(21)27-19-12-10-18(11-13-19)24-15-14-20(25)16-6-8-17(23)9-7-16/h2-15,24H,1H3. The molecule has 0 unspecified atom stereocenters. The van der Waals surface area contributed by atoms with Gasteiger partial charge in [-0.15, -0.1) is 0 Å². The van der Waals surface area contributed by atoms with Gasteiger partial charge in [0.1, 0.15) is 5.75 Å². The number of allylic oxidation sites excluding steroid dienone is 1. The lowest BCUT2D eigenvalue weighted by atomic mass is 10.1. The minimum Gasteiger partial charge on any atom is -0.493 e. The van der Waals surface area contributed by atoms with Crippen LogP contribution in [0.3, 0.4) is 0 Å². The summed E-state index contributed by atoms with van der Waals surface area (Å²) in [5, 5.41) is 3.08. The van der Waals surface area contributed by atoms with Crippen LogP contribution >= 0.6 is 15.9 Å². The Labute approximate surface area is 166 Å². The zero-order valence-corrected chi connectivity index (χ0v) is 16.3. The van der Waals surface area contributed by atoms with Gasteiger partial charge in [-0.3, -0.25) is 4.79 Å². The molecule has 3 aromatic carbocycles. The Bertz CT molecular complexity index is 935. The van der Waals surface area contributed by atoms with E-state index in [9.17, 15) is 4.79 Å². The zero-order valence-electron chi connectivity index (χ0n) is 14.7. The first kappa shape index (κ1) is 18.7. The largest absolute Gasteiger partial charge is 0.493 e. The number of ketones is 1. The van der Waals surface area contributed by atoms with Crippen molar-refractivity contribution in [1.82, 2.24) is 0 Å². The second-order valence-electron chi connectivity index (χ2n) is 5.63. The van der Waals surface area contributed by atoms with Gasteiger partial charge < -0.3 is 14.8 Å². The van der Waals surface area contributed by atoms with E-state index < -0.39 is 0 Å². The van der Waals surface area contributed by atoms with Crippen molar-refractivity contribution in [2.45, 2.75) is 0 Å². The summed E-state index contributed by atoms with van der Waals surface area (Å²) in [4.78, 5) is 12.1.